The Morgan fingerprint density at radius 3 is 2.43 bits per heavy atom. The van der Waals surface area contributed by atoms with E-state index in [1.54, 1.807) is 0 Å². The van der Waals surface area contributed by atoms with Crippen LogP contribution in [0.3, 0.4) is 0 Å². The molecular weight excluding hydrogens is 304 g/mol. The summed E-state index contributed by atoms with van der Waals surface area (Å²) in [5.41, 5.74) is 1.38. The lowest BCUT2D eigenvalue weighted by molar-refractivity contribution is -0.671. The van der Waals surface area contributed by atoms with Crippen LogP contribution in [-0.2, 0) is 26.4 Å². The predicted octanol–water partition coefficient (Wildman–Crippen LogP) is 4.45. The van der Waals surface area contributed by atoms with Crippen LogP contribution in [0.2, 0.25) is 0 Å². The molecule has 0 spiro atoms. The molecule has 3 nitrogen and oxygen atoms in total. The molecular formula is C19H31N2OS+. The van der Waals surface area contributed by atoms with E-state index in [0.717, 1.165) is 19.6 Å². The molecule has 0 radical (unpaired) electrons. The minimum atomic E-state index is 0.735. The molecule has 0 fully saturated rings. The van der Waals surface area contributed by atoms with E-state index in [-0.39, 0.29) is 0 Å². The van der Waals surface area contributed by atoms with Crippen molar-refractivity contribution in [1.29, 1.82) is 0 Å². The summed E-state index contributed by atoms with van der Waals surface area (Å²) >= 11 is 1.98. The molecule has 2 aromatic heterocycles. The lowest BCUT2D eigenvalue weighted by Gasteiger charge is -2.08. The maximum atomic E-state index is 6.22. The number of aryl methyl sites for hydroxylation is 3. The molecule has 128 valence electrons. The van der Waals surface area contributed by atoms with Gasteiger partial charge in [-0.25, -0.2) is 9.13 Å². The van der Waals surface area contributed by atoms with Crippen molar-refractivity contribution in [3.63, 3.8) is 0 Å². The van der Waals surface area contributed by atoms with Crippen LogP contribution in [0.15, 0.2) is 18.7 Å². The van der Waals surface area contributed by atoms with Crippen LogP contribution in [0.1, 0.15) is 54.8 Å². The highest BCUT2D eigenvalue weighted by Crippen LogP contribution is 2.37. The third-order valence-electron chi connectivity index (χ3n) is 4.19. The summed E-state index contributed by atoms with van der Waals surface area (Å²) < 4.78 is 10.5. The van der Waals surface area contributed by atoms with E-state index in [2.05, 4.69) is 48.6 Å². The number of hydrogen-bond acceptors (Lipinski definition) is 2. The Morgan fingerprint density at radius 2 is 1.83 bits per heavy atom. The van der Waals surface area contributed by atoms with E-state index in [0.29, 0.717) is 0 Å². The molecule has 0 saturated carbocycles. The van der Waals surface area contributed by atoms with Crippen molar-refractivity contribution in [2.45, 2.75) is 65.8 Å². The Balaban J connectivity index is 2.02. The molecule has 2 rings (SSSR count). The monoisotopic (exact) mass is 335 g/mol. The number of thiophene rings is 1. The Hall–Kier alpha value is -1.29. The lowest BCUT2D eigenvalue weighted by atomic mass is 10.1. The smallest absolute Gasteiger partial charge is 0.243 e. The van der Waals surface area contributed by atoms with Gasteiger partial charge in [-0.15, -0.1) is 11.3 Å². The SMILES string of the molecule is CCCCc1sc(CCCC)c(OCCn2cc[n+](C)c2)c1C. The number of ether oxygens (including phenoxy) is 1. The number of rotatable bonds is 10. The Labute approximate surface area is 144 Å². The second kappa shape index (κ2) is 9.11. The first kappa shape index (κ1) is 18.1. The quantitative estimate of drug-likeness (QED) is 0.587. The summed E-state index contributed by atoms with van der Waals surface area (Å²) in [5.74, 6) is 1.17. The normalized spacial score (nSPS) is 11.1. The second-order valence-corrected chi connectivity index (χ2v) is 7.46. The van der Waals surface area contributed by atoms with E-state index in [4.69, 9.17) is 4.74 Å². The van der Waals surface area contributed by atoms with Gasteiger partial charge >= 0.3 is 0 Å². The van der Waals surface area contributed by atoms with Gasteiger partial charge in [0.2, 0.25) is 6.33 Å². The van der Waals surface area contributed by atoms with Crippen LogP contribution in [0.25, 0.3) is 0 Å². The van der Waals surface area contributed by atoms with Crippen LogP contribution < -0.4 is 9.30 Å². The molecule has 0 aliphatic heterocycles. The van der Waals surface area contributed by atoms with Crippen molar-refractivity contribution in [2.24, 2.45) is 7.05 Å². The molecule has 0 aliphatic carbocycles. The Kier molecular flexibility index (Phi) is 7.15. The second-order valence-electron chi connectivity index (χ2n) is 6.28. The zero-order valence-corrected chi connectivity index (χ0v) is 15.9. The number of hydrogen-bond donors (Lipinski definition) is 0. The maximum Gasteiger partial charge on any atom is 0.243 e. The fraction of sp³-hybridized carbons (Fsp3) is 0.632. The van der Waals surface area contributed by atoms with Crippen LogP contribution >= 0.6 is 11.3 Å². The summed E-state index contributed by atoms with van der Waals surface area (Å²) in [7, 11) is 2.04. The first-order chi connectivity index (χ1) is 11.2. The zero-order chi connectivity index (χ0) is 16.7. The third kappa shape index (κ3) is 5.10. The fourth-order valence-corrected chi connectivity index (χ4v) is 4.10. The van der Waals surface area contributed by atoms with E-state index >= 15 is 0 Å². The topological polar surface area (TPSA) is 18.0 Å². The molecule has 0 saturated heterocycles. The highest BCUT2D eigenvalue weighted by Gasteiger charge is 2.16. The highest BCUT2D eigenvalue weighted by molar-refractivity contribution is 7.12. The minimum absolute atomic E-state index is 0.735. The molecule has 0 aliphatic rings. The molecule has 2 aromatic rings. The van der Waals surface area contributed by atoms with Gasteiger partial charge in [0.15, 0.2) is 0 Å². The predicted molar refractivity (Wildman–Crippen MR) is 97.4 cm³/mol. The number of aromatic nitrogens is 2. The fourth-order valence-electron chi connectivity index (χ4n) is 2.76. The minimum Gasteiger partial charge on any atom is -0.488 e. The van der Waals surface area contributed by atoms with Crippen molar-refractivity contribution in [3.05, 3.63) is 34.0 Å². The van der Waals surface area contributed by atoms with Gasteiger partial charge < -0.3 is 4.74 Å². The molecule has 0 bridgehead atoms. The number of imidazole rings is 1. The van der Waals surface area contributed by atoms with E-state index in [9.17, 15) is 0 Å². The zero-order valence-electron chi connectivity index (χ0n) is 15.1. The van der Waals surface area contributed by atoms with Gasteiger partial charge in [-0.05, 0) is 32.6 Å². The molecule has 23 heavy (non-hydrogen) atoms. The van der Waals surface area contributed by atoms with Crippen molar-refractivity contribution < 1.29 is 9.30 Å². The lowest BCUT2D eigenvalue weighted by Crippen LogP contribution is -2.24. The molecule has 0 aromatic carbocycles. The van der Waals surface area contributed by atoms with Crippen molar-refractivity contribution in [3.8, 4) is 5.75 Å². The van der Waals surface area contributed by atoms with Crippen LogP contribution in [0.5, 0.6) is 5.75 Å². The Bertz CT molecular complexity index is 601. The summed E-state index contributed by atoms with van der Waals surface area (Å²) in [6.07, 6.45) is 13.6. The molecule has 0 N–H and O–H groups in total. The van der Waals surface area contributed by atoms with Gasteiger partial charge in [-0.1, -0.05) is 26.7 Å². The van der Waals surface area contributed by atoms with Gasteiger partial charge in [0.1, 0.15) is 31.3 Å². The summed E-state index contributed by atoms with van der Waals surface area (Å²) in [4.78, 5) is 2.98. The van der Waals surface area contributed by atoms with Gasteiger partial charge in [-0.3, -0.25) is 0 Å². The van der Waals surface area contributed by atoms with Crippen LogP contribution in [-0.4, -0.2) is 11.2 Å². The van der Waals surface area contributed by atoms with Gasteiger partial charge in [0.05, 0.1) is 7.05 Å². The number of nitrogens with zero attached hydrogens (tertiary/aromatic N) is 2. The van der Waals surface area contributed by atoms with Crippen molar-refractivity contribution >= 4 is 11.3 Å². The molecule has 2 heterocycles. The number of unbranched alkanes of at least 4 members (excludes halogenated alkanes) is 2. The first-order valence-electron chi connectivity index (χ1n) is 8.90. The van der Waals surface area contributed by atoms with Crippen LogP contribution in [0, 0.1) is 6.92 Å². The average Bonchev–Trinajstić information content (AvgIpc) is 3.08. The van der Waals surface area contributed by atoms with Crippen LogP contribution in [0.4, 0.5) is 0 Å². The molecule has 0 atom stereocenters. The van der Waals surface area contributed by atoms with E-state index < -0.39 is 0 Å². The van der Waals surface area contributed by atoms with Crippen molar-refractivity contribution in [2.75, 3.05) is 6.61 Å². The Morgan fingerprint density at radius 1 is 1.13 bits per heavy atom. The average molecular weight is 336 g/mol. The van der Waals surface area contributed by atoms with Gasteiger partial charge in [0.25, 0.3) is 0 Å². The summed E-state index contributed by atoms with van der Waals surface area (Å²) in [5, 5.41) is 0. The molecule has 4 heteroatoms. The van der Waals surface area contributed by atoms with E-state index in [1.165, 1.54) is 53.2 Å². The van der Waals surface area contributed by atoms with E-state index in [1.807, 2.05) is 18.4 Å². The van der Waals surface area contributed by atoms with Gasteiger partial charge in [-0.2, -0.15) is 0 Å². The summed E-state index contributed by atoms with van der Waals surface area (Å²) in [6.45, 7) is 8.38. The highest BCUT2D eigenvalue weighted by atomic mass is 32.1. The van der Waals surface area contributed by atoms with Gasteiger partial charge in [0, 0.05) is 15.3 Å². The largest absolute Gasteiger partial charge is 0.488 e. The first-order valence-corrected chi connectivity index (χ1v) is 9.72. The molecule has 0 unspecified atom stereocenters. The summed E-state index contributed by atoms with van der Waals surface area (Å²) in [6, 6.07) is 0. The molecule has 0 amide bonds. The third-order valence-corrected chi connectivity index (χ3v) is 5.59. The van der Waals surface area contributed by atoms with Crippen molar-refractivity contribution in [1.82, 2.24) is 4.57 Å². The standard InChI is InChI=1S/C19H31N2OS/c1-5-7-9-17-16(3)19(18(23-17)10-8-6-2)22-14-13-21-12-11-20(4)15-21/h11-12,15H,5-10,13-14H2,1-4H3/q+1. The maximum absolute atomic E-state index is 6.22.